The lowest BCUT2D eigenvalue weighted by Gasteiger charge is -2.29. The zero-order chi connectivity index (χ0) is 17.3. The van der Waals surface area contributed by atoms with E-state index in [-0.39, 0.29) is 31.4 Å². The van der Waals surface area contributed by atoms with Crippen LogP contribution in [0.15, 0.2) is 24.3 Å². The summed E-state index contributed by atoms with van der Waals surface area (Å²) in [6, 6.07) is 7.22. The fraction of sp³-hybridized carbons (Fsp3) is 0.471. The summed E-state index contributed by atoms with van der Waals surface area (Å²) in [4.78, 5) is 38.0. The average molecular weight is 332 g/mol. The van der Waals surface area contributed by atoms with Crippen LogP contribution in [0, 0.1) is 5.41 Å². The first-order chi connectivity index (χ1) is 11.5. The molecular weight excluding hydrogens is 312 g/mol. The lowest BCUT2D eigenvalue weighted by molar-refractivity contribution is -0.151. The minimum absolute atomic E-state index is 0.0633. The zero-order valence-corrected chi connectivity index (χ0v) is 13.4. The smallest absolute Gasteiger partial charge is 0.313 e. The molecule has 0 spiro atoms. The summed E-state index contributed by atoms with van der Waals surface area (Å²) in [7, 11) is 1.46. The highest BCUT2D eigenvalue weighted by Gasteiger charge is 2.48. The van der Waals surface area contributed by atoms with Crippen LogP contribution in [-0.2, 0) is 19.1 Å². The van der Waals surface area contributed by atoms with Crippen LogP contribution >= 0.6 is 0 Å². The number of carboxylic acids is 1. The van der Waals surface area contributed by atoms with Crippen molar-refractivity contribution < 1.29 is 24.2 Å². The number of carbonyl (C=O) groups is 3. The average Bonchev–Trinajstić information content (AvgIpc) is 2.99. The Morgan fingerprint density at radius 2 is 2.17 bits per heavy atom. The maximum atomic E-state index is 12.9. The molecule has 1 saturated heterocycles. The van der Waals surface area contributed by atoms with Gasteiger partial charge < -0.3 is 20.1 Å². The fourth-order valence-electron chi connectivity index (χ4n) is 3.54. The first-order valence-electron chi connectivity index (χ1n) is 7.87. The number of anilines is 1. The van der Waals surface area contributed by atoms with E-state index in [1.165, 1.54) is 7.11 Å². The van der Waals surface area contributed by atoms with Crippen LogP contribution < -0.4 is 5.32 Å². The van der Waals surface area contributed by atoms with Crippen LogP contribution in [0.1, 0.15) is 24.3 Å². The molecule has 2 unspecified atom stereocenters. The van der Waals surface area contributed by atoms with Crippen LogP contribution in [0.4, 0.5) is 5.69 Å². The number of rotatable bonds is 4. The minimum atomic E-state index is -1.07. The Kier molecular flexibility index (Phi) is 4.28. The van der Waals surface area contributed by atoms with Gasteiger partial charge in [-0.3, -0.25) is 14.4 Å². The molecule has 1 fully saturated rings. The van der Waals surface area contributed by atoms with Crippen LogP contribution in [0.3, 0.4) is 0 Å². The molecule has 1 aromatic carbocycles. The van der Waals surface area contributed by atoms with Gasteiger partial charge in [-0.2, -0.15) is 0 Å². The number of fused-ring (bicyclic) bond motifs is 1. The van der Waals surface area contributed by atoms with Gasteiger partial charge in [0.15, 0.2) is 0 Å². The van der Waals surface area contributed by atoms with E-state index in [1.807, 2.05) is 12.1 Å². The molecule has 0 saturated carbocycles. The highest BCUT2D eigenvalue weighted by molar-refractivity contribution is 6.01. The maximum Gasteiger partial charge on any atom is 0.313 e. The number of aliphatic carboxylic acids is 1. The number of methoxy groups -OCH3 is 1. The third kappa shape index (κ3) is 2.75. The molecule has 2 N–H and O–H groups in total. The third-order valence-corrected chi connectivity index (χ3v) is 4.84. The van der Waals surface area contributed by atoms with Crippen molar-refractivity contribution in [3.63, 3.8) is 0 Å². The van der Waals surface area contributed by atoms with Crippen LogP contribution in [0.5, 0.6) is 0 Å². The number of hydrogen-bond donors (Lipinski definition) is 2. The predicted octanol–water partition coefficient (Wildman–Crippen LogP) is 1.06. The van der Waals surface area contributed by atoms with Gasteiger partial charge in [0.25, 0.3) is 0 Å². The SMILES string of the molecule is COCC1(C(=O)O)CCN(C(=O)C2CC(=O)Nc3ccccc32)C1. The second-order valence-corrected chi connectivity index (χ2v) is 6.42. The van der Waals surface area contributed by atoms with Crippen molar-refractivity contribution in [1.82, 2.24) is 4.90 Å². The van der Waals surface area contributed by atoms with Crippen LogP contribution in [0.2, 0.25) is 0 Å². The van der Waals surface area contributed by atoms with Gasteiger partial charge in [-0.15, -0.1) is 0 Å². The van der Waals surface area contributed by atoms with Crippen LogP contribution in [0.25, 0.3) is 0 Å². The van der Waals surface area contributed by atoms with Crippen molar-refractivity contribution in [3.8, 4) is 0 Å². The van der Waals surface area contributed by atoms with Crippen molar-refractivity contribution in [2.45, 2.75) is 18.8 Å². The number of amides is 2. The van der Waals surface area contributed by atoms with Gasteiger partial charge in [0, 0.05) is 32.3 Å². The molecule has 24 heavy (non-hydrogen) atoms. The van der Waals surface area contributed by atoms with E-state index in [1.54, 1.807) is 17.0 Å². The van der Waals surface area contributed by atoms with E-state index < -0.39 is 17.3 Å². The molecule has 2 atom stereocenters. The minimum Gasteiger partial charge on any atom is -0.481 e. The molecule has 3 rings (SSSR count). The number of nitrogens with zero attached hydrogens (tertiary/aromatic N) is 1. The summed E-state index contributed by atoms with van der Waals surface area (Å²) in [6.07, 6.45) is 0.430. The summed E-state index contributed by atoms with van der Waals surface area (Å²) in [5, 5.41) is 12.3. The first-order valence-corrected chi connectivity index (χ1v) is 7.87. The molecule has 0 aliphatic carbocycles. The van der Waals surface area contributed by atoms with Gasteiger partial charge in [-0.25, -0.2) is 0 Å². The van der Waals surface area contributed by atoms with Crippen molar-refractivity contribution >= 4 is 23.5 Å². The fourth-order valence-corrected chi connectivity index (χ4v) is 3.54. The molecule has 0 radical (unpaired) electrons. The molecule has 0 aromatic heterocycles. The van der Waals surface area contributed by atoms with Gasteiger partial charge >= 0.3 is 5.97 Å². The number of para-hydroxylation sites is 1. The summed E-state index contributed by atoms with van der Waals surface area (Å²) < 4.78 is 5.05. The lowest BCUT2D eigenvalue weighted by Crippen LogP contribution is -2.42. The Hall–Kier alpha value is -2.41. The molecule has 7 heteroatoms. The van der Waals surface area contributed by atoms with Gasteiger partial charge in [-0.1, -0.05) is 18.2 Å². The Bertz CT molecular complexity index is 689. The largest absolute Gasteiger partial charge is 0.481 e. The maximum absolute atomic E-state index is 12.9. The number of benzene rings is 1. The Morgan fingerprint density at radius 1 is 1.42 bits per heavy atom. The lowest BCUT2D eigenvalue weighted by atomic mass is 9.87. The molecule has 0 bridgehead atoms. The molecule has 2 aliphatic rings. The van der Waals surface area contributed by atoms with E-state index in [0.29, 0.717) is 18.7 Å². The Balaban J connectivity index is 1.83. The monoisotopic (exact) mass is 332 g/mol. The third-order valence-electron chi connectivity index (χ3n) is 4.84. The standard InChI is InChI=1S/C17H20N2O5/c1-24-10-17(16(22)23)6-7-19(9-17)15(21)12-8-14(20)18-13-5-3-2-4-11(12)13/h2-5,12H,6-10H2,1H3,(H,18,20)(H,22,23). The number of ether oxygens (including phenoxy) is 1. The first kappa shape index (κ1) is 16.4. The molecule has 128 valence electrons. The van der Waals surface area contributed by atoms with E-state index in [9.17, 15) is 19.5 Å². The Labute approximate surface area is 139 Å². The Morgan fingerprint density at radius 3 is 2.88 bits per heavy atom. The summed E-state index contributed by atoms with van der Waals surface area (Å²) in [5.41, 5.74) is 0.357. The molecule has 7 nitrogen and oxygen atoms in total. The van der Waals surface area contributed by atoms with E-state index in [2.05, 4.69) is 5.32 Å². The summed E-state index contributed by atoms with van der Waals surface area (Å²) >= 11 is 0. The number of likely N-dealkylation sites (tertiary alicyclic amines) is 1. The number of carboxylic acid groups (broad SMARTS) is 1. The molecule has 2 aliphatic heterocycles. The highest BCUT2D eigenvalue weighted by atomic mass is 16.5. The second-order valence-electron chi connectivity index (χ2n) is 6.42. The van der Waals surface area contributed by atoms with Crippen molar-refractivity contribution in [3.05, 3.63) is 29.8 Å². The van der Waals surface area contributed by atoms with Gasteiger partial charge in [0.2, 0.25) is 11.8 Å². The van der Waals surface area contributed by atoms with Crippen molar-refractivity contribution in [1.29, 1.82) is 0 Å². The molecule has 2 amide bonds. The molecule has 1 aromatic rings. The van der Waals surface area contributed by atoms with Crippen LogP contribution in [-0.4, -0.2) is 54.6 Å². The predicted molar refractivity (Wildman–Crippen MR) is 85.6 cm³/mol. The zero-order valence-electron chi connectivity index (χ0n) is 13.4. The second kappa shape index (κ2) is 6.24. The van der Waals surface area contributed by atoms with E-state index in [0.717, 1.165) is 5.56 Å². The highest BCUT2D eigenvalue weighted by Crippen LogP contribution is 2.37. The van der Waals surface area contributed by atoms with Gasteiger partial charge in [0.1, 0.15) is 5.41 Å². The summed E-state index contributed by atoms with van der Waals surface area (Å²) in [5.74, 6) is -1.92. The van der Waals surface area contributed by atoms with Gasteiger partial charge in [0.05, 0.1) is 12.5 Å². The van der Waals surface area contributed by atoms with E-state index in [4.69, 9.17) is 4.74 Å². The molecular formula is C17H20N2O5. The summed E-state index contributed by atoms with van der Waals surface area (Å²) in [6.45, 7) is 0.526. The molecule has 2 heterocycles. The van der Waals surface area contributed by atoms with Crippen molar-refractivity contribution in [2.24, 2.45) is 5.41 Å². The quantitative estimate of drug-likeness (QED) is 0.859. The topological polar surface area (TPSA) is 95.9 Å². The van der Waals surface area contributed by atoms with Crippen molar-refractivity contribution in [2.75, 3.05) is 32.1 Å². The normalized spacial score (nSPS) is 26.0. The van der Waals surface area contributed by atoms with E-state index >= 15 is 0 Å². The number of carbonyl (C=O) groups excluding carboxylic acids is 2. The van der Waals surface area contributed by atoms with Gasteiger partial charge in [-0.05, 0) is 18.1 Å². The number of hydrogen-bond acceptors (Lipinski definition) is 4. The number of nitrogens with one attached hydrogen (secondary N) is 1.